The number of benzene rings is 1. The Bertz CT molecular complexity index is 1150. The summed E-state index contributed by atoms with van der Waals surface area (Å²) < 4.78 is 30.7. The van der Waals surface area contributed by atoms with Gasteiger partial charge in [0.2, 0.25) is 0 Å². The van der Waals surface area contributed by atoms with E-state index in [-0.39, 0.29) is 11.4 Å². The lowest BCUT2D eigenvalue weighted by atomic mass is 10.2. The molecule has 28 heavy (non-hydrogen) atoms. The number of amides is 1. The Morgan fingerprint density at radius 3 is 2.79 bits per heavy atom. The van der Waals surface area contributed by atoms with Crippen LogP contribution in [0.25, 0.3) is 16.9 Å². The highest BCUT2D eigenvalue weighted by atomic mass is 79.9. The van der Waals surface area contributed by atoms with Gasteiger partial charge in [-0.15, -0.1) is 11.3 Å². The lowest BCUT2D eigenvalue weighted by Gasteiger charge is -2.04. The first-order valence-corrected chi connectivity index (χ1v) is 9.49. The largest absolute Gasteiger partial charge is 0.435 e. The van der Waals surface area contributed by atoms with E-state index in [0.29, 0.717) is 26.5 Å². The van der Waals surface area contributed by atoms with Crippen molar-refractivity contribution in [3.8, 4) is 17.0 Å². The summed E-state index contributed by atoms with van der Waals surface area (Å²) in [6.45, 7) is -2.87. The highest BCUT2D eigenvalue weighted by Crippen LogP contribution is 2.28. The molecule has 0 aliphatic heterocycles. The van der Waals surface area contributed by atoms with Crippen LogP contribution in [0.1, 0.15) is 10.5 Å². The van der Waals surface area contributed by atoms with Crippen molar-refractivity contribution in [1.29, 1.82) is 0 Å². The van der Waals surface area contributed by atoms with Crippen molar-refractivity contribution in [1.82, 2.24) is 19.6 Å². The number of rotatable bonds is 5. The van der Waals surface area contributed by atoms with Crippen LogP contribution in [0.5, 0.6) is 5.75 Å². The van der Waals surface area contributed by atoms with Gasteiger partial charge in [0.05, 0.1) is 10.2 Å². The fourth-order valence-corrected chi connectivity index (χ4v) is 3.69. The molecule has 0 saturated carbocycles. The van der Waals surface area contributed by atoms with Gasteiger partial charge in [0.25, 0.3) is 5.91 Å². The van der Waals surface area contributed by atoms with Gasteiger partial charge < -0.3 is 4.74 Å². The van der Waals surface area contributed by atoms with Gasteiger partial charge in [-0.2, -0.15) is 13.9 Å². The normalized spacial score (nSPS) is 11.1. The van der Waals surface area contributed by atoms with Crippen LogP contribution in [0.15, 0.2) is 52.6 Å². The standard InChI is InChI=1S/C17H10BrF2N5O2S/c18-12-13(24-25-7-1-6-21-14(12)25)15(26)23-17-22-11(8-28-17)9-2-4-10(5-3-9)27-16(19)20/h1-8,16H,(H,22,23,26). The number of nitrogens with one attached hydrogen (secondary N) is 1. The third-order valence-electron chi connectivity index (χ3n) is 3.65. The summed E-state index contributed by atoms with van der Waals surface area (Å²) in [4.78, 5) is 21.0. The first kappa shape index (κ1) is 18.4. The second kappa shape index (κ2) is 7.60. The van der Waals surface area contributed by atoms with Crippen molar-refractivity contribution in [3.63, 3.8) is 0 Å². The topological polar surface area (TPSA) is 81.4 Å². The van der Waals surface area contributed by atoms with Gasteiger partial charge >= 0.3 is 6.61 Å². The number of carbonyl (C=O) groups excluding carboxylic acids is 1. The maximum atomic E-state index is 12.5. The Morgan fingerprint density at radius 1 is 1.29 bits per heavy atom. The smallest absolute Gasteiger partial charge is 0.387 e. The van der Waals surface area contributed by atoms with Crippen LogP contribution in [-0.4, -0.2) is 32.1 Å². The summed E-state index contributed by atoms with van der Waals surface area (Å²) in [5.74, 6) is -0.369. The maximum Gasteiger partial charge on any atom is 0.387 e. The average molecular weight is 466 g/mol. The van der Waals surface area contributed by atoms with Gasteiger partial charge in [-0.05, 0) is 46.3 Å². The highest BCUT2D eigenvalue weighted by Gasteiger charge is 2.19. The van der Waals surface area contributed by atoms with Gasteiger partial charge in [-0.1, -0.05) is 0 Å². The Labute approximate surface area is 169 Å². The molecule has 0 atom stereocenters. The summed E-state index contributed by atoms with van der Waals surface area (Å²) in [6.07, 6.45) is 3.29. The fourth-order valence-electron chi connectivity index (χ4n) is 2.43. The van der Waals surface area contributed by atoms with Crippen molar-refractivity contribution in [2.75, 3.05) is 5.32 Å². The summed E-state index contributed by atoms with van der Waals surface area (Å²) in [5.41, 5.74) is 2.01. The van der Waals surface area contributed by atoms with E-state index in [1.165, 1.54) is 28.0 Å². The number of hydrogen-bond donors (Lipinski definition) is 1. The predicted octanol–water partition coefficient (Wildman–Crippen LogP) is 4.47. The van der Waals surface area contributed by atoms with Crippen molar-refractivity contribution in [2.24, 2.45) is 0 Å². The number of halogens is 3. The number of hydrogen-bond acceptors (Lipinski definition) is 6. The lowest BCUT2D eigenvalue weighted by Crippen LogP contribution is -2.13. The van der Waals surface area contributed by atoms with E-state index in [1.807, 2.05) is 0 Å². The monoisotopic (exact) mass is 465 g/mol. The van der Waals surface area contributed by atoms with Crippen molar-refractivity contribution >= 4 is 44.0 Å². The molecule has 1 aromatic carbocycles. The minimum atomic E-state index is -2.87. The molecule has 0 radical (unpaired) electrons. The SMILES string of the molecule is O=C(Nc1nc(-c2ccc(OC(F)F)cc2)cs1)c1nn2cccnc2c1Br. The minimum Gasteiger partial charge on any atom is -0.435 e. The molecule has 0 saturated heterocycles. The minimum absolute atomic E-state index is 0.0628. The van der Waals surface area contributed by atoms with Crippen LogP contribution in [0.3, 0.4) is 0 Å². The lowest BCUT2D eigenvalue weighted by molar-refractivity contribution is -0.0498. The molecule has 0 unspecified atom stereocenters. The zero-order valence-corrected chi connectivity index (χ0v) is 16.2. The number of carbonyl (C=O) groups is 1. The van der Waals surface area contributed by atoms with E-state index >= 15 is 0 Å². The Kier molecular flexibility index (Phi) is 5.01. The molecule has 0 spiro atoms. The highest BCUT2D eigenvalue weighted by molar-refractivity contribution is 9.10. The van der Waals surface area contributed by atoms with Crippen LogP contribution in [0, 0.1) is 0 Å². The Hall–Kier alpha value is -2.92. The molecule has 0 fully saturated rings. The summed E-state index contributed by atoms with van der Waals surface area (Å²) in [6, 6.07) is 7.80. The summed E-state index contributed by atoms with van der Waals surface area (Å²) >= 11 is 4.58. The van der Waals surface area contributed by atoms with Gasteiger partial charge in [0.1, 0.15) is 5.75 Å². The molecule has 7 nitrogen and oxygen atoms in total. The van der Waals surface area contributed by atoms with Gasteiger partial charge in [-0.3, -0.25) is 10.1 Å². The molecule has 3 aromatic heterocycles. The predicted molar refractivity (Wildman–Crippen MR) is 103 cm³/mol. The van der Waals surface area contributed by atoms with Crippen LogP contribution in [-0.2, 0) is 0 Å². The molecule has 11 heteroatoms. The van der Waals surface area contributed by atoms with E-state index in [2.05, 4.69) is 41.1 Å². The van der Waals surface area contributed by atoms with Crippen molar-refractivity contribution < 1.29 is 18.3 Å². The van der Waals surface area contributed by atoms with Gasteiger partial charge in [0.15, 0.2) is 16.5 Å². The second-order valence-electron chi connectivity index (χ2n) is 5.45. The third-order valence-corrected chi connectivity index (χ3v) is 5.14. The summed E-state index contributed by atoms with van der Waals surface area (Å²) in [5, 5.41) is 9.03. The summed E-state index contributed by atoms with van der Waals surface area (Å²) in [7, 11) is 0. The first-order chi connectivity index (χ1) is 13.5. The van der Waals surface area contributed by atoms with Crippen molar-refractivity contribution in [3.05, 3.63) is 58.3 Å². The maximum absolute atomic E-state index is 12.5. The van der Waals surface area contributed by atoms with Gasteiger partial charge in [0, 0.05) is 23.3 Å². The van der Waals surface area contributed by atoms with Crippen LogP contribution < -0.4 is 10.1 Å². The first-order valence-electron chi connectivity index (χ1n) is 7.82. The second-order valence-corrected chi connectivity index (χ2v) is 7.10. The molecule has 0 aliphatic carbocycles. The van der Waals surface area contributed by atoms with Crippen LogP contribution in [0.4, 0.5) is 13.9 Å². The zero-order chi connectivity index (χ0) is 19.7. The average Bonchev–Trinajstić information content (AvgIpc) is 3.27. The van der Waals surface area contributed by atoms with E-state index in [1.54, 1.807) is 36.0 Å². The Morgan fingerprint density at radius 2 is 2.07 bits per heavy atom. The van der Waals surface area contributed by atoms with Gasteiger partial charge in [-0.25, -0.2) is 14.5 Å². The molecule has 4 aromatic rings. The zero-order valence-electron chi connectivity index (χ0n) is 13.8. The molecule has 0 bridgehead atoms. The van der Waals surface area contributed by atoms with E-state index in [9.17, 15) is 13.6 Å². The molecular weight excluding hydrogens is 456 g/mol. The molecule has 3 heterocycles. The number of ether oxygens (including phenoxy) is 1. The van der Waals surface area contributed by atoms with Crippen molar-refractivity contribution in [2.45, 2.75) is 6.61 Å². The number of anilines is 1. The fraction of sp³-hybridized carbons (Fsp3) is 0.0588. The number of alkyl halides is 2. The molecule has 0 aliphatic rings. The van der Waals surface area contributed by atoms with E-state index in [4.69, 9.17) is 0 Å². The molecule has 4 rings (SSSR count). The number of nitrogens with zero attached hydrogens (tertiary/aromatic N) is 4. The molecular formula is C17H10BrF2N5O2S. The Balaban J connectivity index is 1.51. The number of fused-ring (bicyclic) bond motifs is 1. The molecule has 1 N–H and O–H groups in total. The number of thiazole rings is 1. The van der Waals surface area contributed by atoms with Crippen LogP contribution >= 0.6 is 27.3 Å². The number of aromatic nitrogens is 4. The quantitative estimate of drug-likeness (QED) is 0.470. The van der Waals surface area contributed by atoms with E-state index < -0.39 is 12.5 Å². The molecule has 1 amide bonds. The van der Waals surface area contributed by atoms with E-state index in [0.717, 1.165) is 0 Å². The molecule has 142 valence electrons. The third kappa shape index (κ3) is 3.71. The van der Waals surface area contributed by atoms with Crippen LogP contribution in [0.2, 0.25) is 0 Å².